The van der Waals surface area contributed by atoms with Gasteiger partial charge in [-0.25, -0.2) is 4.79 Å². The Hall–Kier alpha value is -1.56. The normalized spacial score (nSPS) is 11.2. The smallest absolute Gasteiger partial charge is 0.407 e. The largest absolute Gasteiger partial charge is 0.462 e. The van der Waals surface area contributed by atoms with Crippen molar-refractivity contribution in [2.24, 2.45) is 0 Å². The average Bonchev–Trinajstić information content (AvgIpc) is 2.73. The lowest BCUT2D eigenvalue weighted by molar-refractivity contribution is -0.144. The molecule has 31 heavy (non-hydrogen) atoms. The van der Waals surface area contributed by atoms with Crippen LogP contribution in [0.15, 0.2) is 12.2 Å². The molecule has 0 heterocycles. The number of amides is 1. The second kappa shape index (κ2) is 23.1. The number of alkyl carbamates (subject to hydrolysis) is 1. The Balaban J connectivity index is 3.32. The van der Waals surface area contributed by atoms with Gasteiger partial charge in [0.15, 0.2) is 0 Å². The van der Waals surface area contributed by atoms with E-state index in [9.17, 15) is 9.59 Å². The molecule has 0 saturated carbocycles. The van der Waals surface area contributed by atoms with E-state index >= 15 is 0 Å². The van der Waals surface area contributed by atoms with Crippen LogP contribution < -0.4 is 5.32 Å². The van der Waals surface area contributed by atoms with Crippen molar-refractivity contribution in [3.8, 4) is 0 Å². The van der Waals surface area contributed by atoms with Gasteiger partial charge in [0.1, 0.15) is 13.2 Å². The van der Waals surface area contributed by atoms with Crippen LogP contribution in [0.5, 0.6) is 0 Å². The van der Waals surface area contributed by atoms with E-state index in [1.807, 2.05) is 19.0 Å². The molecule has 0 spiro atoms. The number of carbonyl (C=O) groups is 2. The zero-order valence-corrected chi connectivity index (χ0v) is 20.5. The zero-order chi connectivity index (χ0) is 23.0. The summed E-state index contributed by atoms with van der Waals surface area (Å²) in [6.07, 6.45) is 20.7. The van der Waals surface area contributed by atoms with Gasteiger partial charge in [-0.2, -0.15) is 0 Å². The molecule has 1 amide bonds. The Bertz CT molecular complexity index is 453. The number of likely N-dealkylation sites (N-methyl/N-ethyl adjacent to an activating group) is 1. The fourth-order valence-corrected chi connectivity index (χ4v) is 3.13. The van der Waals surface area contributed by atoms with Gasteiger partial charge in [0.05, 0.1) is 0 Å². The van der Waals surface area contributed by atoms with E-state index in [0.717, 1.165) is 25.8 Å². The van der Waals surface area contributed by atoms with Crippen LogP contribution in [0.3, 0.4) is 0 Å². The number of carbonyl (C=O) groups excluding carboxylic acids is 2. The summed E-state index contributed by atoms with van der Waals surface area (Å²) < 4.78 is 10.0. The Labute approximate surface area is 191 Å². The molecule has 1 N–H and O–H groups in total. The first-order valence-corrected chi connectivity index (χ1v) is 12.4. The molecule has 0 saturated heterocycles. The summed E-state index contributed by atoms with van der Waals surface area (Å²) in [6.45, 7) is 3.74. The summed E-state index contributed by atoms with van der Waals surface area (Å²) in [5.74, 6) is -0.214. The Morgan fingerprint density at radius 3 is 1.94 bits per heavy atom. The molecule has 0 aliphatic rings. The summed E-state index contributed by atoms with van der Waals surface area (Å²) in [7, 11) is 3.87. The van der Waals surface area contributed by atoms with Crippen molar-refractivity contribution >= 4 is 12.1 Å². The van der Waals surface area contributed by atoms with Crippen LogP contribution >= 0.6 is 0 Å². The number of nitrogens with zero attached hydrogens (tertiary/aromatic N) is 1. The molecule has 0 radical (unpaired) electrons. The molecule has 0 aliphatic carbocycles. The van der Waals surface area contributed by atoms with Crippen molar-refractivity contribution in [3.05, 3.63) is 12.2 Å². The summed E-state index contributed by atoms with van der Waals surface area (Å²) in [5.41, 5.74) is 0. The van der Waals surface area contributed by atoms with Crippen LogP contribution in [0.4, 0.5) is 4.79 Å². The van der Waals surface area contributed by atoms with Gasteiger partial charge < -0.3 is 19.7 Å². The number of hydrogen-bond acceptors (Lipinski definition) is 5. The molecule has 0 aromatic carbocycles. The van der Waals surface area contributed by atoms with Gasteiger partial charge in [-0.15, -0.1) is 0 Å². The summed E-state index contributed by atoms with van der Waals surface area (Å²) in [6, 6.07) is 0. The number of nitrogens with one attached hydrogen (secondary N) is 1. The van der Waals surface area contributed by atoms with E-state index < -0.39 is 6.09 Å². The predicted octanol–water partition coefficient (Wildman–Crippen LogP) is 5.85. The second-order valence-electron chi connectivity index (χ2n) is 8.42. The molecule has 182 valence electrons. The summed E-state index contributed by atoms with van der Waals surface area (Å²) in [5, 5.41) is 2.64. The summed E-state index contributed by atoms with van der Waals surface area (Å²) >= 11 is 0. The molecular formula is C25H48N2O4. The highest BCUT2D eigenvalue weighted by Gasteiger charge is 2.05. The molecule has 0 aromatic heterocycles. The quantitative estimate of drug-likeness (QED) is 0.138. The van der Waals surface area contributed by atoms with E-state index in [1.165, 1.54) is 64.2 Å². The molecule has 0 atom stereocenters. The van der Waals surface area contributed by atoms with Crippen LogP contribution in [0.2, 0.25) is 0 Å². The molecule has 0 unspecified atom stereocenters. The minimum absolute atomic E-state index is 0.0892. The fourth-order valence-electron chi connectivity index (χ4n) is 3.13. The van der Waals surface area contributed by atoms with Crippen molar-refractivity contribution < 1.29 is 19.1 Å². The van der Waals surface area contributed by atoms with Crippen molar-refractivity contribution in [1.82, 2.24) is 10.2 Å². The van der Waals surface area contributed by atoms with Gasteiger partial charge in [-0.3, -0.25) is 4.79 Å². The van der Waals surface area contributed by atoms with E-state index in [2.05, 4.69) is 24.4 Å². The third-order valence-electron chi connectivity index (χ3n) is 5.05. The van der Waals surface area contributed by atoms with Gasteiger partial charge in [0.2, 0.25) is 0 Å². The third kappa shape index (κ3) is 24.6. The SMILES string of the molecule is CCCCCCCC/C=C\CCCCCCCC(=O)OCCOC(=O)NCCN(C)C. The molecule has 0 rings (SSSR count). The standard InChI is InChI=1S/C25H48N2O4/c1-4-5-6-7-8-9-10-11-12-13-14-15-16-17-18-19-24(28)30-22-23-31-25(29)26-20-21-27(2)3/h11-12H,4-10,13-23H2,1-3H3,(H,26,29)/b12-11-. The second-order valence-corrected chi connectivity index (χ2v) is 8.42. The lowest BCUT2D eigenvalue weighted by atomic mass is 10.1. The molecule has 0 aliphatic heterocycles. The van der Waals surface area contributed by atoms with Crippen molar-refractivity contribution in [1.29, 1.82) is 0 Å². The number of unbranched alkanes of at least 4 members (excludes halogenated alkanes) is 11. The van der Waals surface area contributed by atoms with Gasteiger partial charge >= 0.3 is 12.1 Å². The average molecular weight is 441 g/mol. The Morgan fingerprint density at radius 2 is 1.32 bits per heavy atom. The zero-order valence-electron chi connectivity index (χ0n) is 20.5. The monoisotopic (exact) mass is 440 g/mol. The van der Waals surface area contributed by atoms with E-state index in [1.54, 1.807) is 0 Å². The first-order valence-electron chi connectivity index (χ1n) is 12.4. The Morgan fingerprint density at radius 1 is 0.774 bits per heavy atom. The number of rotatable bonds is 21. The molecule has 6 nitrogen and oxygen atoms in total. The number of allylic oxidation sites excluding steroid dienone is 2. The maximum Gasteiger partial charge on any atom is 0.407 e. The Kier molecular flexibility index (Phi) is 21.9. The maximum absolute atomic E-state index is 11.7. The molecule has 0 aromatic rings. The fraction of sp³-hybridized carbons (Fsp3) is 0.840. The molecule has 0 fully saturated rings. The first kappa shape index (κ1) is 29.4. The lowest BCUT2D eigenvalue weighted by Crippen LogP contribution is -2.32. The minimum atomic E-state index is -0.477. The molecule has 0 bridgehead atoms. The highest BCUT2D eigenvalue weighted by molar-refractivity contribution is 5.69. The van der Waals surface area contributed by atoms with Crippen LogP contribution in [0, 0.1) is 0 Å². The predicted molar refractivity (Wildman–Crippen MR) is 128 cm³/mol. The number of ether oxygens (including phenoxy) is 2. The maximum atomic E-state index is 11.7. The van der Waals surface area contributed by atoms with Gasteiger partial charge in [0, 0.05) is 19.5 Å². The highest BCUT2D eigenvalue weighted by Crippen LogP contribution is 2.10. The van der Waals surface area contributed by atoms with E-state index in [-0.39, 0.29) is 19.2 Å². The van der Waals surface area contributed by atoms with E-state index in [4.69, 9.17) is 9.47 Å². The van der Waals surface area contributed by atoms with Crippen LogP contribution in [0.1, 0.15) is 96.8 Å². The van der Waals surface area contributed by atoms with Gasteiger partial charge in [0.25, 0.3) is 0 Å². The van der Waals surface area contributed by atoms with E-state index in [0.29, 0.717) is 13.0 Å². The lowest BCUT2D eigenvalue weighted by Gasteiger charge is -2.11. The van der Waals surface area contributed by atoms with Gasteiger partial charge in [-0.1, -0.05) is 70.4 Å². The van der Waals surface area contributed by atoms with Crippen LogP contribution in [-0.2, 0) is 14.3 Å². The molecule has 6 heteroatoms. The topological polar surface area (TPSA) is 67.9 Å². The van der Waals surface area contributed by atoms with Crippen molar-refractivity contribution in [2.45, 2.75) is 96.8 Å². The number of hydrogen-bond donors (Lipinski definition) is 1. The first-order chi connectivity index (χ1) is 15.1. The highest BCUT2D eigenvalue weighted by atomic mass is 16.6. The van der Waals surface area contributed by atoms with Crippen LogP contribution in [-0.4, -0.2) is 57.4 Å². The van der Waals surface area contributed by atoms with Crippen molar-refractivity contribution in [3.63, 3.8) is 0 Å². The van der Waals surface area contributed by atoms with Gasteiger partial charge in [-0.05, 0) is 46.2 Å². The third-order valence-corrected chi connectivity index (χ3v) is 5.05. The summed E-state index contributed by atoms with van der Waals surface area (Å²) in [4.78, 5) is 25.0. The van der Waals surface area contributed by atoms with Crippen molar-refractivity contribution in [2.75, 3.05) is 40.4 Å². The van der Waals surface area contributed by atoms with Crippen LogP contribution in [0.25, 0.3) is 0 Å². The number of esters is 1. The minimum Gasteiger partial charge on any atom is -0.462 e. The molecular weight excluding hydrogens is 392 g/mol.